The molecule has 0 aromatic rings. The molecule has 0 aliphatic heterocycles. The van der Waals surface area contributed by atoms with Gasteiger partial charge >= 0.3 is 5.97 Å². The molecular weight excluding hydrogens is 254 g/mol. The van der Waals surface area contributed by atoms with Crippen LogP contribution in [0.25, 0.3) is 0 Å². The topological polar surface area (TPSA) is 55.8 Å². The summed E-state index contributed by atoms with van der Waals surface area (Å²) in [6.45, 7) is 4.98. The molecule has 0 radical (unpaired) electrons. The number of hydrogen-bond donors (Lipinski definition) is 2. The predicted octanol–water partition coefficient (Wildman–Crippen LogP) is 1.25. The fourth-order valence-electron chi connectivity index (χ4n) is 2.42. The van der Waals surface area contributed by atoms with Crippen LogP contribution in [-0.2, 0) is 4.79 Å². The van der Waals surface area contributed by atoms with E-state index >= 15 is 0 Å². The molecule has 1 atom stereocenters. The lowest BCUT2D eigenvalue weighted by Crippen LogP contribution is -2.53. The number of carbonyl (C=O) groups is 1. The first-order chi connectivity index (χ1) is 9.39. The van der Waals surface area contributed by atoms with Gasteiger partial charge in [0.1, 0.15) is 5.54 Å². The SMILES string of the molecule is CCC(CCCN(C)CCN(C)C)(NC1CC1)C(=O)O. The van der Waals surface area contributed by atoms with Crippen molar-refractivity contribution in [3.05, 3.63) is 0 Å². The molecule has 1 fully saturated rings. The molecule has 5 heteroatoms. The Kier molecular flexibility index (Phi) is 6.92. The van der Waals surface area contributed by atoms with Crippen LogP contribution < -0.4 is 5.32 Å². The van der Waals surface area contributed by atoms with Gasteiger partial charge in [-0.25, -0.2) is 0 Å². The third-order valence-corrected chi connectivity index (χ3v) is 4.14. The lowest BCUT2D eigenvalue weighted by atomic mass is 9.90. The van der Waals surface area contributed by atoms with Crippen molar-refractivity contribution >= 4 is 5.97 Å². The molecule has 0 aromatic carbocycles. The van der Waals surface area contributed by atoms with E-state index in [2.05, 4.69) is 36.3 Å². The fourth-order valence-corrected chi connectivity index (χ4v) is 2.42. The number of likely N-dealkylation sites (N-methyl/N-ethyl adjacent to an activating group) is 2. The Labute approximate surface area is 123 Å². The zero-order chi connectivity index (χ0) is 15.2. The number of hydrogen-bond acceptors (Lipinski definition) is 4. The van der Waals surface area contributed by atoms with Crippen molar-refractivity contribution in [1.82, 2.24) is 15.1 Å². The van der Waals surface area contributed by atoms with Crippen molar-refractivity contribution in [3.63, 3.8) is 0 Å². The Morgan fingerprint density at radius 3 is 2.35 bits per heavy atom. The van der Waals surface area contributed by atoms with Gasteiger partial charge in [-0.2, -0.15) is 0 Å². The van der Waals surface area contributed by atoms with Crippen molar-refractivity contribution < 1.29 is 9.90 Å². The van der Waals surface area contributed by atoms with Gasteiger partial charge in [-0.1, -0.05) is 6.92 Å². The lowest BCUT2D eigenvalue weighted by Gasteiger charge is -2.30. The Balaban J connectivity index is 2.36. The van der Waals surface area contributed by atoms with E-state index in [-0.39, 0.29) is 0 Å². The second-order valence-electron chi connectivity index (χ2n) is 6.37. The average molecular weight is 285 g/mol. The molecule has 5 nitrogen and oxygen atoms in total. The van der Waals surface area contributed by atoms with Crippen LogP contribution in [-0.4, -0.2) is 73.2 Å². The van der Waals surface area contributed by atoms with Gasteiger partial charge in [-0.05, 0) is 59.8 Å². The minimum absolute atomic E-state index is 0.428. The summed E-state index contributed by atoms with van der Waals surface area (Å²) < 4.78 is 0. The number of carboxylic acids is 1. The summed E-state index contributed by atoms with van der Waals surface area (Å²) in [4.78, 5) is 16.1. The smallest absolute Gasteiger partial charge is 0.323 e. The van der Waals surface area contributed by atoms with E-state index in [0.717, 1.165) is 38.9 Å². The first-order valence-corrected chi connectivity index (χ1v) is 7.74. The minimum Gasteiger partial charge on any atom is -0.480 e. The van der Waals surface area contributed by atoms with Gasteiger partial charge in [0, 0.05) is 19.1 Å². The van der Waals surface area contributed by atoms with E-state index in [1.807, 2.05) is 6.92 Å². The van der Waals surface area contributed by atoms with E-state index in [4.69, 9.17) is 0 Å². The number of aliphatic carboxylic acids is 1. The maximum atomic E-state index is 11.6. The van der Waals surface area contributed by atoms with E-state index < -0.39 is 11.5 Å². The second kappa shape index (κ2) is 7.96. The second-order valence-corrected chi connectivity index (χ2v) is 6.37. The molecule has 0 saturated heterocycles. The van der Waals surface area contributed by atoms with Crippen LogP contribution in [0, 0.1) is 0 Å². The molecule has 118 valence electrons. The zero-order valence-electron chi connectivity index (χ0n) is 13.5. The van der Waals surface area contributed by atoms with E-state index in [1.54, 1.807) is 0 Å². The maximum absolute atomic E-state index is 11.6. The largest absolute Gasteiger partial charge is 0.480 e. The van der Waals surface area contributed by atoms with Gasteiger partial charge in [0.15, 0.2) is 0 Å². The standard InChI is InChI=1S/C15H31N3O2/c1-5-15(14(19)20,16-13-7-8-13)9-6-10-18(4)12-11-17(2)3/h13,16H,5-12H2,1-4H3,(H,19,20). The highest BCUT2D eigenvalue weighted by molar-refractivity contribution is 5.78. The molecule has 0 amide bonds. The Morgan fingerprint density at radius 1 is 1.25 bits per heavy atom. The predicted molar refractivity (Wildman–Crippen MR) is 82.1 cm³/mol. The molecule has 0 aromatic heterocycles. The molecular formula is C15H31N3O2. The molecule has 1 unspecified atom stereocenters. The van der Waals surface area contributed by atoms with Crippen LogP contribution >= 0.6 is 0 Å². The Hall–Kier alpha value is -0.650. The summed E-state index contributed by atoms with van der Waals surface area (Å²) in [5.74, 6) is -0.692. The van der Waals surface area contributed by atoms with Gasteiger partial charge in [0.2, 0.25) is 0 Å². The molecule has 0 bridgehead atoms. The summed E-state index contributed by atoms with van der Waals surface area (Å²) in [7, 11) is 6.24. The first-order valence-electron chi connectivity index (χ1n) is 7.74. The normalized spacial score (nSPS) is 18.5. The molecule has 20 heavy (non-hydrogen) atoms. The van der Waals surface area contributed by atoms with Crippen molar-refractivity contribution in [2.75, 3.05) is 40.8 Å². The average Bonchev–Trinajstić information content (AvgIpc) is 3.18. The molecule has 1 saturated carbocycles. The number of rotatable bonds is 11. The summed E-state index contributed by atoms with van der Waals surface area (Å²) in [6, 6.07) is 0.428. The summed E-state index contributed by atoms with van der Waals surface area (Å²) >= 11 is 0. The summed E-state index contributed by atoms with van der Waals surface area (Å²) in [6.07, 6.45) is 4.53. The fraction of sp³-hybridized carbons (Fsp3) is 0.933. The quantitative estimate of drug-likeness (QED) is 0.598. The molecule has 1 aliphatic rings. The third-order valence-electron chi connectivity index (χ3n) is 4.14. The summed E-state index contributed by atoms with van der Waals surface area (Å²) in [5, 5.41) is 12.9. The van der Waals surface area contributed by atoms with Crippen LogP contribution in [0.3, 0.4) is 0 Å². The first kappa shape index (κ1) is 17.4. The van der Waals surface area contributed by atoms with Crippen molar-refractivity contribution in [1.29, 1.82) is 0 Å². The van der Waals surface area contributed by atoms with Crippen LogP contribution in [0.15, 0.2) is 0 Å². The highest BCUT2D eigenvalue weighted by Crippen LogP contribution is 2.27. The molecule has 0 spiro atoms. The van der Waals surface area contributed by atoms with E-state index in [0.29, 0.717) is 18.9 Å². The highest BCUT2D eigenvalue weighted by atomic mass is 16.4. The van der Waals surface area contributed by atoms with Crippen LogP contribution in [0.4, 0.5) is 0 Å². The van der Waals surface area contributed by atoms with Gasteiger partial charge in [0.25, 0.3) is 0 Å². The van der Waals surface area contributed by atoms with Gasteiger partial charge < -0.3 is 14.9 Å². The Morgan fingerprint density at radius 2 is 1.90 bits per heavy atom. The third kappa shape index (κ3) is 5.77. The minimum atomic E-state index is -0.719. The molecule has 1 aliphatic carbocycles. The number of nitrogens with zero attached hydrogens (tertiary/aromatic N) is 2. The van der Waals surface area contributed by atoms with E-state index in [1.165, 1.54) is 0 Å². The monoisotopic (exact) mass is 285 g/mol. The van der Waals surface area contributed by atoms with Crippen molar-refractivity contribution in [3.8, 4) is 0 Å². The molecule has 0 heterocycles. The zero-order valence-corrected chi connectivity index (χ0v) is 13.5. The van der Waals surface area contributed by atoms with Gasteiger partial charge in [-0.3, -0.25) is 10.1 Å². The number of carboxylic acid groups (broad SMARTS) is 1. The van der Waals surface area contributed by atoms with Crippen molar-refractivity contribution in [2.24, 2.45) is 0 Å². The van der Waals surface area contributed by atoms with Crippen LogP contribution in [0.1, 0.15) is 39.0 Å². The number of nitrogens with one attached hydrogen (secondary N) is 1. The van der Waals surface area contributed by atoms with Crippen molar-refractivity contribution in [2.45, 2.75) is 50.6 Å². The van der Waals surface area contributed by atoms with Crippen LogP contribution in [0.5, 0.6) is 0 Å². The summed E-state index contributed by atoms with van der Waals surface area (Å²) in [5.41, 5.74) is -0.719. The molecule has 2 N–H and O–H groups in total. The maximum Gasteiger partial charge on any atom is 0.323 e. The Bertz CT molecular complexity index is 305. The lowest BCUT2D eigenvalue weighted by molar-refractivity contribution is -0.145. The van der Waals surface area contributed by atoms with E-state index in [9.17, 15) is 9.90 Å². The molecule has 1 rings (SSSR count). The van der Waals surface area contributed by atoms with Gasteiger partial charge in [0.05, 0.1) is 0 Å². The van der Waals surface area contributed by atoms with Crippen LogP contribution in [0.2, 0.25) is 0 Å². The highest BCUT2D eigenvalue weighted by Gasteiger charge is 2.40. The van der Waals surface area contributed by atoms with Gasteiger partial charge in [-0.15, -0.1) is 0 Å².